The lowest BCUT2D eigenvalue weighted by molar-refractivity contribution is 0.624. The third-order valence-electron chi connectivity index (χ3n) is 1.60. The van der Waals surface area contributed by atoms with E-state index in [0.29, 0.717) is 0 Å². The molecule has 0 atom stereocenters. The molecule has 0 unspecified atom stereocenters. The van der Waals surface area contributed by atoms with Crippen molar-refractivity contribution in [3.63, 3.8) is 0 Å². The van der Waals surface area contributed by atoms with E-state index in [2.05, 4.69) is 10.9 Å². The largest absolute Gasteiger partial charge is 0.399 e. The van der Waals surface area contributed by atoms with E-state index in [0.717, 1.165) is 11.4 Å². The first-order chi connectivity index (χ1) is 5.77. The van der Waals surface area contributed by atoms with Crippen LogP contribution in [0.4, 0.5) is 11.4 Å². The molecule has 0 aliphatic carbocycles. The van der Waals surface area contributed by atoms with Crippen molar-refractivity contribution < 1.29 is 0 Å². The van der Waals surface area contributed by atoms with E-state index in [1.807, 2.05) is 38.4 Å². The molecule has 4 N–H and O–H groups in total. The van der Waals surface area contributed by atoms with Gasteiger partial charge in [0, 0.05) is 19.8 Å². The Morgan fingerprint density at radius 3 is 2.00 bits per heavy atom. The molecule has 0 saturated heterocycles. The van der Waals surface area contributed by atoms with Crippen molar-refractivity contribution in [2.24, 2.45) is 0 Å². The standard InChI is InChI=1S/C8H14N4/c1-10-12(11-2)8-5-3-7(9)4-6-8/h3-6,10-11H,9H2,1-2H3. The molecular formula is C8H14N4. The summed E-state index contributed by atoms with van der Waals surface area (Å²) in [6, 6.07) is 7.58. The number of rotatable bonds is 3. The molecule has 0 radical (unpaired) electrons. The van der Waals surface area contributed by atoms with Crippen LogP contribution in [0.25, 0.3) is 0 Å². The maximum absolute atomic E-state index is 5.55. The molecule has 0 heterocycles. The summed E-state index contributed by atoms with van der Waals surface area (Å²) < 4.78 is 0. The molecule has 12 heavy (non-hydrogen) atoms. The van der Waals surface area contributed by atoms with Gasteiger partial charge in [-0.2, -0.15) is 0 Å². The fraction of sp³-hybridized carbons (Fsp3) is 0.250. The van der Waals surface area contributed by atoms with Gasteiger partial charge in [-0.3, -0.25) is 0 Å². The minimum absolute atomic E-state index is 0.769. The Hall–Kier alpha value is -1.26. The smallest absolute Gasteiger partial charge is 0.0703 e. The van der Waals surface area contributed by atoms with Crippen LogP contribution in [-0.4, -0.2) is 14.1 Å². The number of hydrazine groups is 2. The fourth-order valence-electron chi connectivity index (χ4n) is 0.993. The Balaban J connectivity index is 2.80. The Bertz CT molecular complexity index is 227. The van der Waals surface area contributed by atoms with Gasteiger partial charge in [0.1, 0.15) is 0 Å². The Morgan fingerprint density at radius 2 is 1.58 bits per heavy atom. The van der Waals surface area contributed by atoms with Gasteiger partial charge in [-0.25, -0.2) is 16.0 Å². The van der Waals surface area contributed by atoms with Crippen LogP contribution in [0.3, 0.4) is 0 Å². The second kappa shape index (κ2) is 3.94. The van der Waals surface area contributed by atoms with Crippen LogP contribution < -0.4 is 21.7 Å². The third-order valence-corrected chi connectivity index (χ3v) is 1.60. The number of hydrogen-bond donors (Lipinski definition) is 3. The van der Waals surface area contributed by atoms with E-state index < -0.39 is 0 Å². The summed E-state index contributed by atoms with van der Waals surface area (Å²) in [5.74, 6) is 0. The molecule has 0 saturated carbocycles. The van der Waals surface area contributed by atoms with Crippen molar-refractivity contribution in [2.75, 3.05) is 24.9 Å². The summed E-state index contributed by atoms with van der Waals surface area (Å²) in [6.07, 6.45) is 0. The summed E-state index contributed by atoms with van der Waals surface area (Å²) in [4.78, 5) is 0. The van der Waals surface area contributed by atoms with Crippen LogP contribution in [0.5, 0.6) is 0 Å². The summed E-state index contributed by atoms with van der Waals surface area (Å²) >= 11 is 0. The zero-order chi connectivity index (χ0) is 8.97. The first-order valence-electron chi connectivity index (χ1n) is 3.78. The van der Waals surface area contributed by atoms with Crippen LogP contribution >= 0.6 is 0 Å². The van der Waals surface area contributed by atoms with Gasteiger partial charge >= 0.3 is 0 Å². The predicted octanol–water partition coefficient (Wildman–Crippen LogP) is 0.344. The average Bonchev–Trinajstić information content (AvgIpc) is 2.10. The van der Waals surface area contributed by atoms with Gasteiger partial charge in [0.2, 0.25) is 0 Å². The third kappa shape index (κ3) is 1.87. The lowest BCUT2D eigenvalue weighted by Gasteiger charge is -2.21. The molecule has 0 aromatic heterocycles. The number of nitrogen functional groups attached to an aromatic ring is 1. The second-order valence-electron chi connectivity index (χ2n) is 2.37. The van der Waals surface area contributed by atoms with Crippen molar-refractivity contribution in [3.8, 4) is 0 Å². The second-order valence-corrected chi connectivity index (χ2v) is 2.37. The molecule has 0 spiro atoms. The highest BCUT2D eigenvalue weighted by Gasteiger charge is 1.98. The molecule has 1 rings (SSSR count). The first-order valence-corrected chi connectivity index (χ1v) is 3.78. The number of hydrogen-bond acceptors (Lipinski definition) is 4. The van der Waals surface area contributed by atoms with Crippen LogP contribution in [-0.2, 0) is 0 Å². The Morgan fingerprint density at radius 1 is 1.08 bits per heavy atom. The quantitative estimate of drug-likeness (QED) is 0.448. The fourth-order valence-corrected chi connectivity index (χ4v) is 0.993. The van der Waals surface area contributed by atoms with E-state index in [1.54, 1.807) is 5.12 Å². The number of nitrogens with two attached hydrogens (primary N) is 1. The van der Waals surface area contributed by atoms with Gasteiger partial charge in [0.25, 0.3) is 0 Å². The SMILES string of the molecule is CNN(NC)c1ccc(N)cc1. The van der Waals surface area contributed by atoms with Crippen molar-refractivity contribution >= 4 is 11.4 Å². The van der Waals surface area contributed by atoms with Gasteiger partial charge in [0.15, 0.2) is 0 Å². The van der Waals surface area contributed by atoms with Gasteiger partial charge in [0.05, 0.1) is 5.69 Å². The maximum atomic E-state index is 5.55. The highest BCUT2D eigenvalue weighted by atomic mass is 15.7. The number of anilines is 2. The van der Waals surface area contributed by atoms with Crippen LogP contribution in [0.1, 0.15) is 0 Å². The van der Waals surface area contributed by atoms with E-state index in [-0.39, 0.29) is 0 Å². The van der Waals surface area contributed by atoms with Crippen molar-refractivity contribution in [3.05, 3.63) is 24.3 Å². The van der Waals surface area contributed by atoms with Crippen LogP contribution in [0.15, 0.2) is 24.3 Å². The minimum Gasteiger partial charge on any atom is -0.399 e. The predicted molar refractivity (Wildman–Crippen MR) is 51.5 cm³/mol. The molecule has 4 heteroatoms. The van der Waals surface area contributed by atoms with Gasteiger partial charge < -0.3 is 5.73 Å². The topological polar surface area (TPSA) is 53.3 Å². The summed E-state index contributed by atoms with van der Waals surface area (Å²) in [6.45, 7) is 0. The summed E-state index contributed by atoms with van der Waals surface area (Å²) in [5.41, 5.74) is 13.3. The molecule has 0 aliphatic rings. The molecule has 0 amide bonds. The average molecular weight is 166 g/mol. The maximum Gasteiger partial charge on any atom is 0.0703 e. The molecule has 0 aliphatic heterocycles. The highest BCUT2D eigenvalue weighted by Crippen LogP contribution is 2.12. The monoisotopic (exact) mass is 166 g/mol. The zero-order valence-corrected chi connectivity index (χ0v) is 7.33. The molecule has 1 aromatic carbocycles. The molecule has 66 valence electrons. The van der Waals surface area contributed by atoms with E-state index in [4.69, 9.17) is 5.73 Å². The van der Waals surface area contributed by atoms with E-state index in [9.17, 15) is 0 Å². The Kier molecular flexibility index (Phi) is 2.90. The Labute approximate surface area is 72.3 Å². The summed E-state index contributed by atoms with van der Waals surface area (Å²) in [5, 5.41) is 1.79. The molecule has 1 aromatic rings. The van der Waals surface area contributed by atoms with Crippen molar-refractivity contribution in [1.82, 2.24) is 10.9 Å². The lowest BCUT2D eigenvalue weighted by Crippen LogP contribution is -2.44. The lowest BCUT2D eigenvalue weighted by atomic mass is 10.3. The van der Waals surface area contributed by atoms with Crippen molar-refractivity contribution in [1.29, 1.82) is 0 Å². The molecule has 4 nitrogen and oxygen atoms in total. The summed E-state index contributed by atoms with van der Waals surface area (Å²) in [7, 11) is 3.68. The number of benzene rings is 1. The minimum atomic E-state index is 0.769. The zero-order valence-electron chi connectivity index (χ0n) is 7.33. The van der Waals surface area contributed by atoms with E-state index in [1.165, 1.54) is 0 Å². The molecule has 0 fully saturated rings. The number of nitrogens with one attached hydrogen (secondary N) is 2. The highest BCUT2D eigenvalue weighted by molar-refractivity contribution is 5.51. The molecular weight excluding hydrogens is 152 g/mol. The number of nitrogens with zero attached hydrogens (tertiary/aromatic N) is 1. The van der Waals surface area contributed by atoms with Gasteiger partial charge in [-0.15, -0.1) is 0 Å². The van der Waals surface area contributed by atoms with Crippen LogP contribution in [0.2, 0.25) is 0 Å². The normalized spacial score (nSPS) is 9.83. The van der Waals surface area contributed by atoms with E-state index >= 15 is 0 Å². The van der Waals surface area contributed by atoms with Crippen molar-refractivity contribution in [2.45, 2.75) is 0 Å². The molecule has 0 bridgehead atoms. The van der Waals surface area contributed by atoms with Crippen LogP contribution in [0, 0.1) is 0 Å². The first kappa shape index (κ1) is 8.83. The van der Waals surface area contributed by atoms with Gasteiger partial charge in [-0.05, 0) is 24.3 Å². The van der Waals surface area contributed by atoms with Gasteiger partial charge in [-0.1, -0.05) is 0 Å².